The van der Waals surface area contributed by atoms with Crippen molar-refractivity contribution in [2.75, 3.05) is 10.6 Å². The predicted molar refractivity (Wildman–Crippen MR) is 141 cm³/mol. The molecule has 5 aromatic rings. The van der Waals surface area contributed by atoms with Gasteiger partial charge in [0, 0.05) is 45.3 Å². The third-order valence-electron chi connectivity index (χ3n) is 6.14. The minimum atomic E-state index is -0.235. The molecule has 0 saturated heterocycles. The molecule has 0 aliphatic heterocycles. The Labute approximate surface area is 204 Å². The number of aromatic nitrogens is 3. The van der Waals surface area contributed by atoms with Crippen molar-refractivity contribution in [2.45, 2.75) is 26.8 Å². The lowest BCUT2D eigenvalue weighted by Gasteiger charge is -2.20. The Kier molecular flexibility index (Phi) is 6.02. The number of aryl methyl sites for hydroxylation is 3. The number of carbonyl (C=O) groups is 1. The Morgan fingerprint density at radius 1 is 0.914 bits per heavy atom. The molecule has 0 saturated carbocycles. The first-order valence-electron chi connectivity index (χ1n) is 11.6. The summed E-state index contributed by atoms with van der Waals surface area (Å²) >= 11 is 0. The average molecular weight is 462 g/mol. The van der Waals surface area contributed by atoms with Crippen molar-refractivity contribution in [1.29, 1.82) is 0 Å². The average Bonchev–Trinajstić information content (AvgIpc) is 3.18. The summed E-state index contributed by atoms with van der Waals surface area (Å²) in [7, 11) is 0. The molecule has 174 valence electrons. The third kappa shape index (κ3) is 4.64. The van der Waals surface area contributed by atoms with Gasteiger partial charge in [-0.15, -0.1) is 0 Å². The molecule has 0 unspecified atom stereocenters. The molecule has 0 bridgehead atoms. The van der Waals surface area contributed by atoms with Crippen molar-refractivity contribution in [3.63, 3.8) is 0 Å². The third-order valence-corrected chi connectivity index (χ3v) is 6.14. The molecule has 6 heteroatoms. The number of nitrogens with zero attached hydrogens (tertiary/aromatic N) is 2. The lowest BCUT2D eigenvalue weighted by Crippen LogP contribution is -2.16. The van der Waals surface area contributed by atoms with Gasteiger partial charge >= 0.3 is 0 Å². The first-order valence-corrected chi connectivity index (χ1v) is 11.6. The zero-order valence-electron chi connectivity index (χ0n) is 20.0. The number of rotatable bonds is 6. The second-order valence-corrected chi connectivity index (χ2v) is 8.69. The van der Waals surface area contributed by atoms with Gasteiger partial charge in [0.1, 0.15) is 5.82 Å². The highest BCUT2D eigenvalue weighted by atomic mass is 16.1. The Morgan fingerprint density at radius 2 is 1.74 bits per heavy atom. The number of carbonyl (C=O) groups excluding carboxylic acids is 1. The molecule has 0 aliphatic carbocycles. The van der Waals surface area contributed by atoms with Gasteiger partial charge in [-0.2, -0.15) is 0 Å². The van der Waals surface area contributed by atoms with Crippen molar-refractivity contribution >= 4 is 28.3 Å². The zero-order chi connectivity index (χ0) is 24.4. The fourth-order valence-electron chi connectivity index (χ4n) is 4.44. The van der Waals surface area contributed by atoms with Crippen LogP contribution < -0.4 is 10.6 Å². The zero-order valence-corrected chi connectivity index (χ0v) is 20.0. The predicted octanol–water partition coefficient (Wildman–Crippen LogP) is 6.34. The van der Waals surface area contributed by atoms with Gasteiger partial charge in [-0.1, -0.05) is 30.3 Å². The van der Waals surface area contributed by atoms with Crippen molar-refractivity contribution in [1.82, 2.24) is 15.0 Å². The number of H-pyrrole nitrogens is 1. The van der Waals surface area contributed by atoms with E-state index in [2.05, 4.69) is 32.5 Å². The van der Waals surface area contributed by atoms with E-state index in [1.807, 2.05) is 92.7 Å². The fourth-order valence-corrected chi connectivity index (χ4v) is 4.44. The van der Waals surface area contributed by atoms with Crippen LogP contribution in [-0.2, 0) is 0 Å². The van der Waals surface area contributed by atoms with Crippen LogP contribution in [0, 0.1) is 20.8 Å². The SMILES string of the molecule is Cc1cccc(N[C@@H](c2ccccn2)c2c(C)[nH]c3ccc(NC(=O)c4ccccc4C)cc23)n1. The van der Waals surface area contributed by atoms with Crippen molar-refractivity contribution < 1.29 is 4.79 Å². The summed E-state index contributed by atoms with van der Waals surface area (Å²) in [6.45, 7) is 5.97. The van der Waals surface area contributed by atoms with Crippen LogP contribution in [0.4, 0.5) is 11.5 Å². The van der Waals surface area contributed by atoms with E-state index in [1.54, 1.807) is 6.20 Å². The van der Waals surface area contributed by atoms with E-state index >= 15 is 0 Å². The molecule has 5 rings (SSSR count). The summed E-state index contributed by atoms with van der Waals surface area (Å²) in [5.41, 5.74) is 7.24. The standard InChI is InChI=1S/C29H27N5O/c1-18-9-4-5-11-22(18)29(35)33-21-14-15-24-23(17-21)27(20(3)32-24)28(25-12-6-7-16-30-25)34-26-13-8-10-19(2)31-26/h4-17,28,32H,1-3H3,(H,31,34)(H,33,35)/t28-/m0/s1. The van der Waals surface area contributed by atoms with Gasteiger partial charge < -0.3 is 15.6 Å². The molecule has 0 radical (unpaired) electrons. The van der Waals surface area contributed by atoms with Crippen molar-refractivity contribution in [3.05, 3.63) is 119 Å². The smallest absolute Gasteiger partial charge is 0.255 e. The Bertz CT molecular complexity index is 1510. The van der Waals surface area contributed by atoms with Gasteiger partial charge in [0.2, 0.25) is 0 Å². The van der Waals surface area contributed by atoms with E-state index in [0.717, 1.165) is 50.6 Å². The van der Waals surface area contributed by atoms with E-state index in [-0.39, 0.29) is 11.9 Å². The number of nitrogens with one attached hydrogen (secondary N) is 3. The number of fused-ring (bicyclic) bond motifs is 1. The van der Waals surface area contributed by atoms with Crippen LogP contribution in [0.1, 0.15) is 44.6 Å². The fraction of sp³-hybridized carbons (Fsp3) is 0.138. The number of amides is 1. The first-order chi connectivity index (χ1) is 17.0. The maximum atomic E-state index is 12.9. The summed E-state index contributed by atoms with van der Waals surface area (Å²) in [4.78, 5) is 25.7. The van der Waals surface area contributed by atoms with Gasteiger partial charge in [0.25, 0.3) is 5.91 Å². The lowest BCUT2D eigenvalue weighted by atomic mass is 9.99. The molecular formula is C29H27N5O. The molecule has 3 N–H and O–H groups in total. The first kappa shape index (κ1) is 22.3. The highest BCUT2D eigenvalue weighted by molar-refractivity contribution is 6.06. The number of aromatic amines is 1. The Morgan fingerprint density at radius 3 is 2.51 bits per heavy atom. The highest BCUT2D eigenvalue weighted by Crippen LogP contribution is 2.35. The van der Waals surface area contributed by atoms with Crippen LogP contribution >= 0.6 is 0 Å². The molecular weight excluding hydrogens is 434 g/mol. The topological polar surface area (TPSA) is 82.7 Å². The van der Waals surface area contributed by atoms with E-state index in [1.165, 1.54) is 0 Å². The molecule has 35 heavy (non-hydrogen) atoms. The molecule has 1 amide bonds. The summed E-state index contributed by atoms with van der Waals surface area (Å²) < 4.78 is 0. The second-order valence-electron chi connectivity index (χ2n) is 8.69. The van der Waals surface area contributed by atoms with Crippen LogP contribution in [0.15, 0.2) is 85.1 Å². The molecule has 0 spiro atoms. The van der Waals surface area contributed by atoms with E-state index < -0.39 is 0 Å². The normalized spacial score (nSPS) is 11.9. The van der Waals surface area contributed by atoms with E-state index in [4.69, 9.17) is 0 Å². The minimum absolute atomic E-state index is 0.125. The molecule has 0 aliphatic rings. The molecule has 2 aromatic carbocycles. The maximum Gasteiger partial charge on any atom is 0.255 e. The summed E-state index contributed by atoms with van der Waals surface area (Å²) in [5, 5.41) is 7.66. The van der Waals surface area contributed by atoms with Crippen LogP contribution in [0.2, 0.25) is 0 Å². The number of anilines is 2. The summed E-state index contributed by atoms with van der Waals surface area (Å²) in [5.74, 6) is 0.651. The monoisotopic (exact) mass is 461 g/mol. The van der Waals surface area contributed by atoms with Crippen molar-refractivity contribution in [2.24, 2.45) is 0 Å². The molecule has 3 heterocycles. The van der Waals surface area contributed by atoms with Crippen LogP contribution in [0.3, 0.4) is 0 Å². The number of hydrogen-bond donors (Lipinski definition) is 3. The number of pyridine rings is 2. The Hall–Kier alpha value is -4.45. The van der Waals surface area contributed by atoms with Gasteiger partial charge in [0.15, 0.2) is 0 Å². The lowest BCUT2D eigenvalue weighted by molar-refractivity contribution is 0.102. The highest BCUT2D eigenvalue weighted by Gasteiger charge is 2.23. The number of benzene rings is 2. The van der Waals surface area contributed by atoms with Gasteiger partial charge in [0.05, 0.1) is 11.7 Å². The van der Waals surface area contributed by atoms with E-state index in [9.17, 15) is 4.79 Å². The van der Waals surface area contributed by atoms with Crippen LogP contribution in [0.25, 0.3) is 10.9 Å². The largest absolute Gasteiger partial charge is 0.358 e. The minimum Gasteiger partial charge on any atom is -0.358 e. The van der Waals surface area contributed by atoms with Gasteiger partial charge in [-0.05, 0) is 74.9 Å². The van der Waals surface area contributed by atoms with Crippen LogP contribution in [-0.4, -0.2) is 20.9 Å². The molecule has 3 aromatic heterocycles. The molecule has 1 atom stereocenters. The second kappa shape index (κ2) is 9.43. The van der Waals surface area contributed by atoms with Gasteiger partial charge in [-0.25, -0.2) is 4.98 Å². The van der Waals surface area contributed by atoms with Crippen LogP contribution in [0.5, 0.6) is 0 Å². The number of hydrogen-bond acceptors (Lipinski definition) is 4. The van der Waals surface area contributed by atoms with Gasteiger partial charge in [-0.3, -0.25) is 9.78 Å². The molecule has 0 fully saturated rings. The quantitative estimate of drug-likeness (QED) is 0.276. The summed E-state index contributed by atoms with van der Waals surface area (Å²) in [6.07, 6.45) is 1.80. The maximum absolute atomic E-state index is 12.9. The Balaban J connectivity index is 1.57. The summed E-state index contributed by atoms with van der Waals surface area (Å²) in [6, 6.07) is 25.1. The van der Waals surface area contributed by atoms with Crippen molar-refractivity contribution in [3.8, 4) is 0 Å². The molecule has 6 nitrogen and oxygen atoms in total. The van der Waals surface area contributed by atoms with E-state index in [0.29, 0.717) is 5.56 Å².